The molecule has 0 aliphatic heterocycles. The summed E-state index contributed by atoms with van der Waals surface area (Å²) in [4.78, 5) is 22.5. The van der Waals surface area contributed by atoms with Crippen molar-refractivity contribution in [3.8, 4) is 0 Å². The Balaban J connectivity index is 0.00000552. The first-order chi connectivity index (χ1) is 20.5. The molecule has 4 aliphatic carbocycles. The van der Waals surface area contributed by atoms with Gasteiger partial charge in [0.15, 0.2) is 6.61 Å². The molecule has 0 amide bonds. The third kappa shape index (κ3) is 8.91. The van der Waals surface area contributed by atoms with Gasteiger partial charge in [-0.05, 0) is 104 Å². The Morgan fingerprint density at radius 3 is 2.42 bits per heavy atom. The van der Waals surface area contributed by atoms with Crippen LogP contribution in [0.4, 0.5) is 0 Å². The van der Waals surface area contributed by atoms with Crippen molar-refractivity contribution in [1.82, 2.24) is 0 Å². The minimum Gasteiger partial charge on any atom is -0.870 e. The van der Waals surface area contributed by atoms with Crippen LogP contribution in [0.1, 0.15) is 99.3 Å². The van der Waals surface area contributed by atoms with Gasteiger partial charge in [-0.25, -0.2) is 9.36 Å². The summed E-state index contributed by atoms with van der Waals surface area (Å²) < 4.78 is 28.5. The van der Waals surface area contributed by atoms with E-state index in [1.807, 2.05) is 21.1 Å². The van der Waals surface area contributed by atoms with Gasteiger partial charge in [0, 0.05) is 6.42 Å². The van der Waals surface area contributed by atoms with Gasteiger partial charge in [-0.15, -0.1) is 0 Å². The number of esters is 1. The number of quaternary nitrogens is 1. The first-order valence-corrected chi connectivity index (χ1v) is 19.0. The molecule has 3 saturated carbocycles. The third-order valence-corrected chi connectivity index (χ3v) is 13.4. The second-order valence-electron chi connectivity index (χ2n) is 16.5. The van der Waals surface area contributed by atoms with Gasteiger partial charge in [-0.1, -0.05) is 65.3 Å². The smallest absolute Gasteiger partial charge is 0.472 e. The molecule has 0 bridgehead atoms. The third-order valence-electron chi connectivity index (χ3n) is 12.4. The summed E-state index contributed by atoms with van der Waals surface area (Å²) >= 11 is 0. The first kappa shape index (κ1) is 38.4. The predicted molar refractivity (Wildman–Crippen MR) is 179 cm³/mol. The zero-order chi connectivity index (χ0) is 32.5. The van der Waals surface area contributed by atoms with E-state index in [2.05, 4.69) is 59.8 Å². The molecule has 1 unspecified atom stereocenters. The average Bonchev–Trinajstić information content (AvgIpc) is 3.29. The lowest BCUT2D eigenvalue weighted by Crippen LogP contribution is -2.51. The molecule has 9 heteroatoms. The largest absolute Gasteiger partial charge is 0.870 e. The molecule has 45 heavy (non-hydrogen) atoms. The zero-order valence-corrected chi connectivity index (χ0v) is 30.6. The molecule has 8 nitrogen and oxygen atoms in total. The van der Waals surface area contributed by atoms with Crippen LogP contribution in [-0.4, -0.2) is 67.8 Å². The quantitative estimate of drug-likeness (QED) is 0.0927. The van der Waals surface area contributed by atoms with Gasteiger partial charge >= 0.3 is 13.8 Å². The predicted octanol–water partition coefficient (Wildman–Crippen LogP) is 8.01. The Hall–Kier alpha value is -1.02. The maximum absolute atomic E-state index is 12.6. The van der Waals surface area contributed by atoms with Crippen molar-refractivity contribution in [2.45, 2.75) is 105 Å². The van der Waals surface area contributed by atoms with Gasteiger partial charge in [-0.2, -0.15) is 0 Å². The van der Waals surface area contributed by atoms with Crippen LogP contribution >= 0.6 is 7.82 Å². The lowest BCUT2D eigenvalue weighted by atomic mass is 9.47. The van der Waals surface area contributed by atoms with Crippen molar-refractivity contribution in [1.29, 1.82) is 0 Å². The normalized spacial score (nSPS) is 35.8. The van der Waals surface area contributed by atoms with Gasteiger partial charge in [-0.3, -0.25) is 9.05 Å². The maximum Gasteiger partial charge on any atom is 0.472 e. The Morgan fingerprint density at radius 2 is 1.78 bits per heavy atom. The molecule has 4 aliphatic rings. The van der Waals surface area contributed by atoms with Gasteiger partial charge in [0.2, 0.25) is 0 Å². The van der Waals surface area contributed by atoms with Crippen molar-refractivity contribution in [3.05, 3.63) is 23.8 Å². The topological polar surface area (TPSA) is 112 Å². The van der Waals surface area contributed by atoms with E-state index in [0.717, 1.165) is 43.4 Å². The number of nitrogens with zero attached hydrogens (tertiary/aromatic N) is 1. The number of ether oxygens (including phenoxy) is 1. The minimum absolute atomic E-state index is 0. The summed E-state index contributed by atoms with van der Waals surface area (Å²) in [7, 11) is 1.59. The fourth-order valence-electron chi connectivity index (χ4n) is 9.74. The van der Waals surface area contributed by atoms with Crippen molar-refractivity contribution >= 4 is 13.8 Å². The molecular formula is C36H64NO7P. The molecule has 0 saturated heterocycles. The number of hydrogen-bond acceptors (Lipinski definition) is 6. The summed E-state index contributed by atoms with van der Waals surface area (Å²) in [6, 6.07) is 0. The number of likely N-dealkylation sites (N-methyl/N-ethyl adjacent to an activating group) is 1. The summed E-state index contributed by atoms with van der Waals surface area (Å²) in [5.41, 5.74) is 2.04. The van der Waals surface area contributed by atoms with Gasteiger partial charge in [0.05, 0.1) is 21.1 Å². The highest BCUT2D eigenvalue weighted by Crippen LogP contribution is 2.67. The summed E-state index contributed by atoms with van der Waals surface area (Å²) in [6.45, 7) is 14.6. The molecule has 10 atom stereocenters. The molecule has 4 rings (SSSR count). The standard InChI is InChI=1S/C36H62NO6P.H2O/c1-10-27(25(2)3)12-11-26(4)31-15-16-32-30-14-13-28-23-29(17-19-35(28,5)33(30)18-20-36(31,32)6)43-34(38)24-42-44(39,40)41-22-21-37(7,8)9;/h11-13,25-27,29-33H,10,14-24H2,1-9H3;1H2/b12-11+;/t26-,27-,29+,30+,31-,32+,33+,35+,36-;/m1./s1. The Kier molecular flexibility index (Phi) is 12.8. The summed E-state index contributed by atoms with van der Waals surface area (Å²) in [6.07, 6.45) is 17.6. The molecule has 0 aromatic heterocycles. The number of fused-ring (bicyclic) bond motifs is 5. The lowest BCUT2D eigenvalue weighted by Gasteiger charge is -2.58. The van der Waals surface area contributed by atoms with E-state index in [0.29, 0.717) is 40.1 Å². The van der Waals surface area contributed by atoms with Crippen LogP contribution in [0.2, 0.25) is 0 Å². The fourth-order valence-corrected chi connectivity index (χ4v) is 10.4. The monoisotopic (exact) mass is 653 g/mol. The van der Waals surface area contributed by atoms with Gasteiger partial charge in [0.1, 0.15) is 19.3 Å². The highest BCUT2D eigenvalue weighted by molar-refractivity contribution is 7.47. The van der Waals surface area contributed by atoms with Crippen LogP contribution in [0.25, 0.3) is 0 Å². The number of allylic oxidation sites excluding steroid dienone is 3. The zero-order valence-electron chi connectivity index (χ0n) is 29.7. The highest BCUT2D eigenvalue weighted by Gasteiger charge is 2.59. The maximum atomic E-state index is 12.6. The number of phosphoric acid groups is 1. The minimum atomic E-state index is -4.30. The van der Waals surface area contributed by atoms with Crippen LogP contribution in [0.15, 0.2) is 23.8 Å². The van der Waals surface area contributed by atoms with E-state index in [4.69, 9.17) is 13.8 Å². The second kappa shape index (κ2) is 15.0. The number of rotatable bonds is 13. The lowest BCUT2D eigenvalue weighted by molar-refractivity contribution is -0.870. The van der Waals surface area contributed by atoms with E-state index >= 15 is 0 Å². The van der Waals surface area contributed by atoms with E-state index in [-0.39, 0.29) is 23.6 Å². The van der Waals surface area contributed by atoms with Gasteiger partial charge in [0.25, 0.3) is 0 Å². The molecule has 0 aromatic rings. The van der Waals surface area contributed by atoms with Crippen LogP contribution in [0.3, 0.4) is 0 Å². The Morgan fingerprint density at radius 1 is 1.07 bits per heavy atom. The summed E-state index contributed by atoms with van der Waals surface area (Å²) in [5.74, 6) is 4.38. The number of carbonyl (C=O) groups is 1. The molecule has 0 heterocycles. The van der Waals surface area contributed by atoms with Crippen LogP contribution in [0, 0.1) is 52.3 Å². The van der Waals surface area contributed by atoms with Crippen LogP contribution < -0.4 is 0 Å². The SMILES string of the molecule is CC[C@H](/C=C/[C@@H](C)[C@H]1CC[C@H]2[C@@H]3CC=C4C[C@@H](OC(=O)COP(=O)(O)OCC[N+](C)(C)C)CC[C@]4(C)[C@H]3CC[C@]12C)C(C)C.[OH-]. The number of phosphoric ester groups is 1. The molecule has 2 N–H and O–H groups in total. The Bertz CT molecular complexity index is 1120. The molecule has 0 radical (unpaired) electrons. The molecule has 3 fully saturated rings. The number of hydrogen-bond donors (Lipinski definition) is 1. The first-order valence-electron chi connectivity index (χ1n) is 17.5. The summed E-state index contributed by atoms with van der Waals surface area (Å²) in [5, 5.41) is 0. The Labute approximate surface area is 273 Å². The molecular weight excluding hydrogens is 589 g/mol. The highest BCUT2D eigenvalue weighted by atomic mass is 31.2. The van der Waals surface area contributed by atoms with E-state index in [1.165, 1.54) is 37.7 Å². The van der Waals surface area contributed by atoms with Crippen molar-refractivity contribution in [3.63, 3.8) is 0 Å². The molecule has 0 spiro atoms. The van der Waals surface area contributed by atoms with Crippen molar-refractivity contribution in [2.75, 3.05) is 40.9 Å². The van der Waals surface area contributed by atoms with Crippen LogP contribution in [0.5, 0.6) is 0 Å². The van der Waals surface area contributed by atoms with Gasteiger partial charge < -0.3 is 19.6 Å². The molecule has 0 aromatic carbocycles. The van der Waals surface area contributed by atoms with E-state index in [9.17, 15) is 14.3 Å². The van der Waals surface area contributed by atoms with Crippen molar-refractivity contribution in [2.24, 2.45) is 52.3 Å². The van der Waals surface area contributed by atoms with Crippen LogP contribution in [-0.2, 0) is 23.1 Å². The number of carbonyl (C=O) groups excluding carboxylic acids is 1. The average molecular weight is 654 g/mol. The second-order valence-corrected chi connectivity index (χ2v) is 17.9. The molecule has 260 valence electrons. The van der Waals surface area contributed by atoms with E-state index in [1.54, 1.807) is 0 Å². The van der Waals surface area contributed by atoms with E-state index < -0.39 is 20.4 Å². The van der Waals surface area contributed by atoms with Crippen molar-refractivity contribution < 1.29 is 38.0 Å². The fraction of sp³-hybridized carbons (Fsp3) is 0.861.